The lowest BCUT2D eigenvalue weighted by Crippen LogP contribution is -2.04. The zero-order valence-corrected chi connectivity index (χ0v) is 34.3. The summed E-state index contributed by atoms with van der Waals surface area (Å²) in [6.07, 6.45) is 0. The third-order valence-corrected chi connectivity index (χ3v) is 11.3. The van der Waals surface area contributed by atoms with Crippen molar-refractivity contribution in [2.24, 2.45) is 0 Å². The number of aromatic nitrogens is 4. The second-order valence-electron chi connectivity index (χ2n) is 15.3. The third-order valence-electron chi connectivity index (χ3n) is 11.3. The molecular weight excluding hydrogens is 799 g/mol. The van der Waals surface area contributed by atoms with Crippen molar-refractivity contribution >= 4 is 21.8 Å². The number of benzene rings is 8. The molecule has 0 fully saturated rings. The van der Waals surface area contributed by atoms with Crippen molar-refractivity contribution in [2.75, 3.05) is 0 Å². The van der Waals surface area contributed by atoms with Crippen LogP contribution in [0.25, 0.3) is 95.0 Å². The van der Waals surface area contributed by atoms with Crippen LogP contribution in [0.3, 0.4) is 0 Å². The minimum Gasteiger partial charge on any atom is -0.308 e. The van der Waals surface area contributed by atoms with Gasteiger partial charge in [-0.25, -0.2) is 15.0 Å². The third kappa shape index (κ3) is 7.35. The summed E-state index contributed by atoms with van der Waals surface area (Å²) in [6.45, 7) is 0. The normalized spacial score (nSPS) is 10.7. The quantitative estimate of drug-likeness (QED) is 0.153. The average Bonchev–Trinajstić information content (AvgIpc) is 3.71. The molecule has 0 bridgehead atoms. The number of hydrogen-bond donors (Lipinski definition) is 0. The molecule has 0 radical (unpaired) electrons. The molecule has 8 aromatic carbocycles. The van der Waals surface area contributed by atoms with Crippen molar-refractivity contribution in [1.29, 1.82) is 26.3 Å². The highest BCUT2D eigenvalue weighted by atomic mass is 15.1. The summed E-state index contributed by atoms with van der Waals surface area (Å²) < 4.78 is 2.17. The molecule has 0 amide bonds. The largest absolute Gasteiger partial charge is 0.308 e. The Kier molecular flexibility index (Phi) is 9.93. The van der Waals surface area contributed by atoms with Crippen LogP contribution >= 0.6 is 0 Å². The molecule has 65 heavy (non-hydrogen) atoms. The fraction of sp³-hybridized carbons (Fsp3) is 0. The van der Waals surface area contributed by atoms with Crippen molar-refractivity contribution in [3.8, 4) is 104 Å². The topological polar surface area (TPSA) is 163 Å². The molecule has 0 unspecified atom stereocenters. The molecule has 9 heteroatoms. The highest BCUT2D eigenvalue weighted by Crippen LogP contribution is 2.41. The molecule has 0 N–H and O–H groups in total. The first-order chi connectivity index (χ1) is 31.9. The van der Waals surface area contributed by atoms with Crippen LogP contribution in [-0.2, 0) is 0 Å². The fourth-order valence-corrected chi connectivity index (χ4v) is 8.24. The first kappa shape index (κ1) is 39.2. The molecule has 0 atom stereocenters. The van der Waals surface area contributed by atoms with Gasteiger partial charge in [-0.3, -0.25) is 0 Å². The van der Waals surface area contributed by atoms with Gasteiger partial charge in [0.25, 0.3) is 0 Å². The summed E-state index contributed by atoms with van der Waals surface area (Å²) in [5.74, 6) is 1.41. The fourth-order valence-electron chi connectivity index (χ4n) is 8.24. The van der Waals surface area contributed by atoms with E-state index in [-0.39, 0.29) is 0 Å². The minimum atomic E-state index is 0.375. The van der Waals surface area contributed by atoms with Gasteiger partial charge in [0.1, 0.15) is 0 Å². The van der Waals surface area contributed by atoms with E-state index in [0.717, 1.165) is 60.9 Å². The highest BCUT2D eigenvalue weighted by molar-refractivity contribution is 6.11. The molecule has 0 saturated carbocycles. The zero-order chi connectivity index (χ0) is 44.4. The van der Waals surface area contributed by atoms with Gasteiger partial charge < -0.3 is 4.57 Å². The molecule has 0 saturated heterocycles. The van der Waals surface area contributed by atoms with Crippen LogP contribution in [-0.4, -0.2) is 19.5 Å². The predicted octanol–water partition coefficient (Wildman–Crippen LogP) is 12.3. The summed E-state index contributed by atoms with van der Waals surface area (Å²) in [7, 11) is 0. The van der Waals surface area contributed by atoms with Crippen LogP contribution in [0.2, 0.25) is 0 Å². The molecule has 298 valence electrons. The van der Waals surface area contributed by atoms with E-state index in [0.29, 0.717) is 62.0 Å². The minimum absolute atomic E-state index is 0.375. The van der Waals surface area contributed by atoms with E-state index in [1.54, 1.807) is 48.5 Å². The summed E-state index contributed by atoms with van der Waals surface area (Å²) in [5.41, 5.74) is 11.5. The van der Waals surface area contributed by atoms with Gasteiger partial charge in [0.05, 0.1) is 74.9 Å². The molecule has 0 aliphatic rings. The molecule has 10 aromatic rings. The van der Waals surface area contributed by atoms with Gasteiger partial charge >= 0.3 is 0 Å². The number of nitriles is 5. The lowest BCUT2D eigenvalue weighted by atomic mass is 9.98. The molecular formula is C56H29N9. The van der Waals surface area contributed by atoms with E-state index < -0.39 is 0 Å². The van der Waals surface area contributed by atoms with E-state index in [1.165, 1.54) is 0 Å². The zero-order valence-electron chi connectivity index (χ0n) is 34.3. The second kappa shape index (κ2) is 16.5. The first-order valence-electron chi connectivity index (χ1n) is 20.5. The van der Waals surface area contributed by atoms with Crippen molar-refractivity contribution in [2.45, 2.75) is 0 Å². The Morgan fingerprint density at radius 1 is 0.308 bits per heavy atom. The molecule has 0 spiro atoms. The van der Waals surface area contributed by atoms with Gasteiger partial charge in [0, 0.05) is 27.5 Å². The van der Waals surface area contributed by atoms with Crippen LogP contribution in [0.1, 0.15) is 27.8 Å². The lowest BCUT2D eigenvalue weighted by molar-refractivity contribution is 1.06. The smallest absolute Gasteiger partial charge is 0.166 e. The summed E-state index contributed by atoms with van der Waals surface area (Å²) in [4.78, 5) is 15.4. The van der Waals surface area contributed by atoms with E-state index in [1.807, 2.05) is 109 Å². The average molecular weight is 828 g/mol. The van der Waals surface area contributed by atoms with Crippen LogP contribution < -0.4 is 0 Å². The number of hydrogen-bond acceptors (Lipinski definition) is 8. The van der Waals surface area contributed by atoms with Gasteiger partial charge in [0.2, 0.25) is 0 Å². The summed E-state index contributed by atoms with van der Waals surface area (Å²) >= 11 is 0. The molecule has 9 nitrogen and oxygen atoms in total. The van der Waals surface area contributed by atoms with Crippen molar-refractivity contribution < 1.29 is 0 Å². The van der Waals surface area contributed by atoms with Crippen molar-refractivity contribution in [3.05, 3.63) is 204 Å². The number of nitrogens with zero attached hydrogens (tertiary/aromatic N) is 9. The molecule has 2 aromatic heterocycles. The summed E-state index contributed by atoms with van der Waals surface area (Å²) in [6, 6.07) is 66.6. The Morgan fingerprint density at radius 3 is 1.15 bits per heavy atom. The van der Waals surface area contributed by atoms with Crippen LogP contribution in [0, 0.1) is 56.7 Å². The standard InChI is InChI=1S/C56H29N9/c57-30-35-11-13-40(14-12-35)43-17-20-51(50(27-43)56-63-54(41-7-3-1-4-8-41)62-55(64-56)42-9-5-2-6-10-42)65-52-28-44(46-23-36(31-58)21-37(24-46)32-59)15-18-48(52)49-19-16-45(29-53(49)65)47-25-38(33-60)22-39(26-47)34-61/h1-29H. The van der Waals surface area contributed by atoms with Crippen LogP contribution in [0.4, 0.5) is 0 Å². The SMILES string of the molecule is N#Cc1ccc(-c2ccc(-n3c4cc(-c5cc(C#N)cc(C#N)c5)ccc4c4ccc(-c5cc(C#N)cc(C#N)c5)cc43)c(-c3nc(-c4ccccc4)nc(-c4ccccc4)n3)c2)cc1. The van der Waals surface area contributed by atoms with Crippen LogP contribution in [0.5, 0.6) is 0 Å². The van der Waals surface area contributed by atoms with Crippen molar-refractivity contribution in [1.82, 2.24) is 19.5 Å². The molecule has 0 aliphatic heterocycles. The second-order valence-corrected chi connectivity index (χ2v) is 15.3. The number of rotatable bonds is 7. The highest BCUT2D eigenvalue weighted by Gasteiger charge is 2.22. The Bertz CT molecular complexity index is 3510. The monoisotopic (exact) mass is 827 g/mol. The predicted molar refractivity (Wildman–Crippen MR) is 250 cm³/mol. The lowest BCUT2D eigenvalue weighted by Gasteiger charge is -2.17. The maximum absolute atomic E-state index is 9.90. The Hall–Kier alpha value is -9.98. The van der Waals surface area contributed by atoms with Crippen molar-refractivity contribution in [3.63, 3.8) is 0 Å². The number of fused-ring (bicyclic) bond motifs is 3. The van der Waals surface area contributed by atoms with E-state index in [2.05, 4.69) is 53.1 Å². The maximum atomic E-state index is 9.90. The maximum Gasteiger partial charge on any atom is 0.166 e. The molecule has 0 aliphatic carbocycles. The van der Waals surface area contributed by atoms with Gasteiger partial charge in [-0.05, 0) is 106 Å². The van der Waals surface area contributed by atoms with E-state index >= 15 is 0 Å². The van der Waals surface area contributed by atoms with E-state index in [4.69, 9.17) is 15.0 Å². The van der Waals surface area contributed by atoms with Gasteiger partial charge in [-0.2, -0.15) is 26.3 Å². The van der Waals surface area contributed by atoms with Gasteiger partial charge in [-0.15, -0.1) is 0 Å². The van der Waals surface area contributed by atoms with Gasteiger partial charge in [0.15, 0.2) is 17.5 Å². The first-order valence-corrected chi connectivity index (χ1v) is 20.5. The Balaban J connectivity index is 1.31. The molecule has 2 heterocycles. The van der Waals surface area contributed by atoms with Gasteiger partial charge in [-0.1, -0.05) is 103 Å². The molecule has 10 rings (SSSR count). The van der Waals surface area contributed by atoms with E-state index in [9.17, 15) is 26.3 Å². The Labute approximate surface area is 373 Å². The van der Waals surface area contributed by atoms with Crippen LogP contribution in [0.15, 0.2) is 176 Å². The summed E-state index contributed by atoms with van der Waals surface area (Å²) in [5, 5.41) is 51.1. The Morgan fingerprint density at radius 2 is 0.708 bits per heavy atom.